The van der Waals surface area contributed by atoms with Gasteiger partial charge in [-0.15, -0.1) is 0 Å². The molecule has 0 radical (unpaired) electrons. The highest BCUT2D eigenvalue weighted by atomic mass is 35.5. The molecule has 21 heavy (non-hydrogen) atoms. The summed E-state index contributed by atoms with van der Waals surface area (Å²) in [5.74, 6) is -1.09. The zero-order chi connectivity index (χ0) is 15.4. The molecule has 0 spiro atoms. The van der Waals surface area contributed by atoms with Crippen LogP contribution in [0.4, 0.5) is 0 Å². The van der Waals surface area contributed by atoms with Gasteiger partial charge in [-0.1, -0.05) is 11.6 Å². The first-order valence-electron chi connectivity index (χ1n) is 6.79. The van der Waals surface area contributed by atoms with Crippen molar-refractivity contribution < 1.29 is 14.7 Å². The molecule has 1 fully saturated rings. The number of carboxylic acids is 1. The molecule has 2 heterocycles. The molecule has 0 bridgehead atoms. The summed E-state index contributed by atoms with van der Waals surface area (Å²) >= 11 is 5.90. The van der Waals surface area contributed by atoms with Crippen molar-refractivity contribution in [2.75, 3.05) is 13.6 Å². The molecule has 0 aliphatic carbocycles. The van der Waals surface area contributed by atoms with E-state index in [-0.39, 0.29) is 11.8 Å². The lowest BCUT2D eigenvalue weighted by atomic mass is 9.91. The molecular weight excluding hydrogens is 294 g/mol. The third-order valence-electron chi connectivity index (χ3n) is 3.73. The maximum absolute atomic E-state index is 11.8. The molecule has 114 valence electrons. The van der Waals surface area contributed by atoms with Crippen LogP contribution in [0.3, 0.4) is 0 Å². The smallest absolute Gasteiger partial charge is 0.320 e. The van der Waals surface area contributed by atoms with Crippen molar-refractivity contribution >= 4 is 23.5 Å². The van der Waals surface area contributed by atoms with Gasteiger partial charge in [-0.2, -0.15) is 0 Å². The van der Waals surface area contributed by atoms with Gasteiger partial charge >= 0.3 is 5.97 Å². The van der Waals surface area contributed by atoms with Crippen LogP contribution < -0.4 is 5.32 Å². The number of carboxylic acid groups (broad SMARTS) is 1. The number of halogens is 1. The largest absolute Gasteiger partial charge is 0.480 e. The van der Waals surface area contributed by atoms with Crippen LogP contribution >= 0.6 is 11.6 Å². The van der Waals surface area contributed by atoms with Gasteiger partial charge in [-0.05, 0) is 24.5 Å². The average molecular weight is 312 g/mol. The third-order valence-corrected chi connectivity index (χ3v) is 3.94. The monoisotopic (exact) mass is 311 g/mol. The Morgan fingerprint density at radius 2 is 2.24 bits per heavy atom. The van der Waals surface area contributed by atoms with Crippen LogP contribution in [0.5, 0.6) is 0 Å². The van der Waals surface area contributed by atoms with Gasteiger partial charge in [-0.25, -0.2) is 0 Å². The topological polar surface area (TPSA) is 82.5 Å². The number of nitrogens with zero attached hydrogens (tertiary/aromatic N) is 2. The second-order valence-electron chi connectivity index (χ2n) is 5.18. The predicted octanol–water partition coefficient (Wildman–Crippen LogP) is 1.15. The Hall–Kier alpha value is -1.66. The average Bonchev–Trinajstić information content (AvgIpc) is 2.46. The normalized spacial score (nSPS) is 22.8. The molecule has 1 aromatic heterocycles. The van der Waals surface area contributed by atoms with Crippen LogP contribution in [0.2, 0.25) is 5.02 Å². The van der Waals surface area contributed by atoms with E-state index in [1.165, 1.54) is 6.20 Å². The van der Waals surface area contributed by atoms with Gasteiger partial charge in [0.2, 0.25) is 5.91 Å². The molecule has 7 heteroatoms. The lowest BCUT2D eigenvalue weighted by Gasteiger charge is -2.36. The fourth-order valence-electron chi connectivity index (χ4n) is 2.69. The summed E-state index contributed by atoms with van der Waals surface area (Å²) in [4.78, 5) is 29.0. The minimum Gasteiger partial charge on any atom is -0.480 e. The van der Waals surface area contributed by atoms with Crippen molar-refractivity contribution in [2.24, 2.45) is 5.92 Å². The molecule has 2 atom stereocenters. The standard InChI is InChI=1S/C14H18ClN3O3/c1-16-13(19)10-2-3-12(14(20)21)18(8-10)7-9-4-11(15)6-17-5-9/h4-6,10,12H,2-3,7-8H2,1H3,(H,16,19)(H,20,21)/t10-,12-/m0/s1. The molecule has 0 saturated carbocycles. The summed E-state index contributed by atoms with van der Waals surface area (Å²) < 4.78 is 0. The summed E-state index contributed by atoms with van der Waals surface area (Å²) in [5, 5.41) is 12.5. The van der Waals surface area contributed by atoms with Gasteiger partial charge < -0.3 is 10.4 Å². The lowest BCUT2D eigenvalue weighted by Crippen LogP contribution is -2.50. The SMILES string of the molecule is CNC(=O)[C@H]1CC[C@@H](C(=O)O)N(Cc2cncc(Cl)c2)C1. The fourth-order valence-corrected chi connectivity index (χ4v) is 2.89. The van der Waals surface area contributed by atoms with Crippen LogP contribution in [0.1, 0.15) is 18.4 Å². The minimum absolute atomic E-state index is 0.0481. The molecule has 2 N–H and O–H groups in total. The first kappa shape index (κ1) is 15.7. The Labute approximate surface area is 128 Å². The number of nitrogens with one attached hydrogen (secondary N) is 1. The molecule has 6 nitrogen and oxygen atoms in total. The number of pyridine rings is 1. The maximum Gasteiger partial charge on any atom is 0.320 e. The maximum atomic E-state index is 11.8. The lowest BCUT2D eigenvalue weighted by molar-refractivity contribution is -0.147. The van der Waals surface area contributed by atoms with Crippen molar-refractivity contribution in [3.63, 3.8) is 0 Å². The van der Waals surface area contributed by atoms with E-state index in [1.54, 1.807) is 24.2 Å². The van der Waals surface area contributed by atoms with E-state index in [2.05, 4.69) is 10.3 Å². The highest BCUT2D eigenvalue weighted by Gasteiger charge is 2.35. The van der Waals surface area contributed by atoms with Crippen LogP contribution in [0.15, 0.2) is 18.5 Å². The third kappa shape index (κ3) is 3.92. The molecule has 1 aliphatic heterocycles. The Morgan fingerprint density at radius 3 is 2.86 bits per heavy atom. The molecule has 0 unspecified atom stereocenters. The van der Waals surface area contributed by atoms with Crippen LogP contribution in [-0.4, -0.2) is 46.5 Å². The second kappa shape index (κ2) is 6.87. The number of hydrogen-bond donors (Lipinski definition) is 2. The number of carbonyl (C=O) groups is 2. The van der Waals surface area contributed by atoms with E-state index in [0.29, 0.717) is 31.0 Å². The van der Waals surface area contributed by atoms with Crippen LogP contribution in [0, 0.1) is 5.92 Å². The predicted molar refractivity (Wildman–Crippen MR) is 77.9 cm³/mol. The second-order valence-corrected chi connectivity index (χ2v) is 5.62. The zero-order valence-corrected chi connectivity index (χ0v) is 12.5. The van der Waals surface area contributed by atoms with Crippen molar-refractivity contribution in [3.8, 4) is 0 Å². The quantitative estimate of drug-likeness (QED) is 0.871. The van der Waals surface area contributed by atoms with Gasteiger partial charge in [0.15, 0.2) is 0 Å². The molecule has 1 saturated heterocycles. The summed E-state index contributed by atoms with van der Waals surface area (Å²) in [6.45, 7) is 0.834. The highest BCUT2D eigenvalue weighted by Crippen LogP contribution is 2.24. The van der Waals surface area contributed by atoms with E-state index < -0.39 is 12.0 Å². The van der Waals surface area contributed by atoms with E-state index in [4.69, 9.17) is 11.6 Å². The minimum atomic E-state index is -0.861. The number of piperidine rings is 1. The Bertz CT molecular complexity index is 538. The van der Waals surface area contributed by atoms with Crippen LogP contribution in [0.25, 0.3) is 0 Å². The van der Waals surface area contributed by atoms with E-state index in [0.717, 1.165) is 5.56 Å². The molecule has 1 amide bonds. The number of amides is 1. The number of rotatable bonds is 4. The number of carbonyl (C=O) groups excluding carboxylic acids is 1. The summed E-state index contributed by atoms with van der Waals surface area (Å²) in [5.41, 5.74) is 0.839. The number of likely N-dealkylation sites (tertiary alicyclic amines) is 1. The van der Waals surface area contributed by atoms with Gasteiger partial charge in [0.1, 0.15) is 6.04 Å². The summed E-state index contributed by atoms with van der Waals surface area (Å²) in [6.07, 6.45) is 4.24. The molecule has 2 rings (SSSR count). The highest BCUT2D eigenvalue weighted by molar-refractivity contribution is 6.30. The van der Waals surface area contributed by atoms with E-state index in [1.807, 2.05) is 0 Å². The Morgan fingerprint density at radius 1 is 1.48 bits per heavy atom. The first-order valence-corrected chi connectivity index (χ1v) is 7.17. The van der Waals surface area contributed by atoms with E-state index in [9.17, 15) is 14.7 Å². The van der Waals surface area contributed by atoms with E-state index >= 15 is 0 Å². The van der Waals surface area contributed by atoms with Crippen molar-refractivity contribution in [3.05, 3.63) is 29.0 Å². The number of aromatic nitrogens is 1. The first-order chi connectivity index (χ1) is 10.0. The summed E-state index contributed by atoms with van der Waals surface area (Å²) in [6, 6.07) is 1.18. The molecule has 1 aliphatic rings. The van der Waals surface area contributed by atoms with Gasteiger partial charge in [0, 0.05) is 32.5 Å². The zero-order valence-electron chi connectivity index (χ0n) is 11.8. The van der Waals surface area contributed by atoms with Crippen molar-refractivity contribution in [1.82, 2.24) is 15.2 Å². The number of aliphatic carboxylic acids is 1. The summed E-state index contributed by atoms with van der Waals surface area (Å²) in [7, 11) is 1.59. The van der Waals surface area contributed by atoms with Gasteiger partial charge in [-0.3, -0.25) is 19.5 Å². The molecule has 0 aromatic carbocycles. The Kier molecular flexibility index (Phi) is 5.14. The number of hydrogen-bond acceptors (Lipinski definition) is 4. The fraction of sp³-hybridized carbons (Fsp3) is 0.500. The van der Waals surface area contributed by atoms with Crippen LogP contribution in [-0.2, 0) is 16.1 Å². The van der Waals surface area contributed by atoms with Gasteiger partial charge in [0.25, 0.3) is 0 Å². The van der Waals surface area contributed by atoms with Gasteiger partial charge in [0.05, 0.1) is 10.9 Å². The Balaban J connectivity index is 2.14. The van der Waals surface area contributed by atoms with Crippen molar-refractivity contribution in [1.29, 1.82) is 0 Å². The molecule has 1 aromatic rings. The van der Waals surface area contributed by atoms with Crippen molar-refractivity contribution in [2.45, 2.75) is 25.4 Å². The molecular formula is C14H18ClN3O3.